The van der Waals surface area contributed by atoms with Crippen LogP contribution in [0.5, 0.6) is 11.8 Å². The van der Waals surface area contributed by atoms with Gasteiger partial charge < -0.3 is 14.0 Å². The van der Waals surface area contributed by atoms with E-state index in [2.05, 4.69) is 14.7 Å². The van der Waals surface area contributed by atoms with Crippen molar-refractivity contribution in [2.45, 2.75) is 25.9 Å². The molecule has 0 aliphatic carbocycles. The Bertz CT molecular complexity index is 1270. The second-order valence-corrected chi connectivity index (χ2v) is 9.41. The minimum absolute atomic E-state index is 0.0146. The summed E-state index contributed by atoms with van der Waals surface area (Å²) in [4.78, 5) is 20.4. The van der Waals surface area contributed by atoms with Gasteiger partial charge >= 0.3 is 6.01 Å². The van der Waals surface area contributed by atoms with Crippen LogP contribution < -0.4 is 15.0 Å². The third-order valence-corrected chi connectivity index (χ3v) is 6.27. The third-order valence-electron chi connectivity index (χ3n) is 4.93. The standard InChI is InChI=1S/C22H24N4O5S/c1-26-14-17(8-9-21(26)27)19-13-20-24-22(23-19)31-18-7-5-6-16(12-18)15-30-10-3-2-4-11-32(28,29)25-20/h5-9,12-14H,2-4,10-11,15H2,1H3,(H,23,24,25). The highest BCUT2D eigenvalue weighted by Gasteiger charge is 2.16. The van der Waals surface area contributed by atoms with E-state index >= 15 is 0 Å². The van der Waals surface area contributed by atoms with Crippen molar-refractivity contribution in [3.8, 4) is 23.0 Å². The van der Waals surface area contributed by atoms with Gasteiger partial charge in [0.15, 0.2) is 0 Å². The van der Waals surface area contributed by atoms with Gasteiger partial charge in [-0.1, -0.05) is 18.6 Å². The lowest BCUT2D eigenvalue weighted by molar-refractivity contribution is 0.117. The Balaban J connectivity index is 1.76. The van der Waals surface area contributed by atoms with E-state index in [0.717, 1.165) is 18.4 Å². The van der Waals surface area contributed by atoms with Gasteiger partial charge in [-0.2, -0.15) is 9.97 Å². The predicted molar refractivity (Wildman–Crippen MR) is 120 cm³/mol. The van der Waals surface area contributed by atoms with Gasteiger partial charge in [0, 0.05) is 37.5 Å². The van der Waals surface area contributed by atoms with Gasteiger partial charge in [0.1, 0.15) is 11.6 Å². The molecular formula is C22H24N4O5S. The van der Waals surface area contributed by atoms with E-state index in [1.165, 1.54) is 16.7 Å². The molecule has 0 radical (unpaired) electrons. The number of hydrogen-bond donors (Lipinski definition) is 1. The summed E-state index contributed by atoms with van der Waals surface area (Å²) >= 11 is 0. The van der Waals surface area contributed by atoms with Crippen LogP contribution >= 0.6 is 0 Å². The Kier molecular flexibility index (Phi) is 6.52. The number of rotatable bonds is 1. The number of fused-ring (bicyclic) bond motifs is 4. The van der Waals surface area contributed by atoms with Crippen LogP contribution in [0.3, 0.4) is 0 Å². The van der Waals surface area contributed by atoms with Crippen molar-refractivity contribution < 1.29 is 17.9 Å². The van der Waals surface area contributed by atoms with Crippen LogP contribution in [-0.4, -0.2) is 35.3 Å². The van der Waals surface area contributed by atoms with Crippen LogP contribution in [0.2, 0.25) is 0 Å². The monoisotopic (exact) mass is 456 g/mol. The summed E-state index contributed by atoms with van der Waals surface area (Å²) < 4.78 is 40.6. The number of ether oxygens (including phenoxy) is 2. The van der Waals surface area contributed by atoms with Crippen molar-refractivity contribution in [3.05, 3.63) is 64.6 Å². The zero-order chi connectivity index (χ0) is 22.6. The van der Waals surface area contributed by atoms with E-state index in [-0.39, 0.29) is 23.1 Å². The summed E-state index contributed by atoms with van der Waals surface area (Å²) in [5.74, 6) is 0.580. The van der Waals surface area contributed by atoms with Crippen LogP contribution in [0, 0.1) is 0 Å². The molecule has 2 aromatic heterocycles. The fourth-order valence-corrected chi connectivity index (χ4v) is 4.40. The molecule has 0 fully saturated rings. The van der Waals surface area contributed by atoms with Gasteiger partial charge in [-0.15, -0.1) is 0 Å². The lowest BCUT2D eigenvalue weighted by Crippen LogP contribution is -2.18. The van der Waals surface area contributed by atoms with Gasteiger partial charge in [0.05, 0.1) is 18.1 Å². The van der Waals surface area contributed by atoms with Crippen molar-refractivity contribution in [1.29, 1.82) is 0 Å². The summed E-state index contributed by atoms with van der Waals surface area (Å²) in [6.45, 7) is 0.991. The highest BCUT2D eigenvalue weighted by atomic mass is 32.2. The molecule has 1 aliphatic rings. The molecule has 4 bridgehead atoms. The zero-order valence-corrected chi connectivity index (χ0v) is 18.5. The topological polar surface area (TPSA) is 112 Å². The normalized spacial score (nSPS) is 16.5. The predicted octanol–water partition coefficient (Wildman–Crippen LogP) is 3.08. The quantitative estimate of drug-likeness (QED) is 0.599. The Morgan fingerprint density at radius 1 is 1.06 bits per heavy atom. The first-order valence-corrected chi connectivity index (χ1v) is 11.9. The fourth-order valence-electron chi connectivity index (χ4n) is 3.29. The summed E-state index contributed by atoms with van der Waals surface area (Å²) in [6.07, 6.45) is 3.65. The fraction of sp³-hybridized carbons (Fsp3) is 0.318. The molecule has 1 aromatic carbocycles. The third kappa shape index (κ3) is 5.71. The van der Waals surface area contributed by atoms with Gasteiger partial charge in [0.25, 0.3) is 0 Å². The maximum absolute atomic E-state index is 12.6. The van der Waals surface area contributed by atoms with Crippen molar-refractivity contribution in [2.75, 3.05) is 17.1 Å². The first-order chi connectivity index (χ1) is 15.4. The zero-order valence-electron chi connectivity index (χ0n) is 17.7. The van der Waals surface area contributed by atoms with E-state index in [4.69, 9.17) is 9.47 Å². The van der Waals surface area contributed by atoms with Crippen LogP contribution in [0.1, 0.15) is 24.8 Å². The first kappa shape index (κ1) is 22.0. The van der Waals surface area contributed by atoms with Crippen molar-refractivity contribution in [3.63, 3.8) is 0 Å². The van der Waals surface area contributed by atoms with Crippen LogP contribution in [0.4, 0.5) is 5.82 Å². The van der Waals surface area contributed by atoms with E-state index in [1.54, 1.807) is 25.4 Å². The number of anilines is 1. The van der Waals surface area contributed by atoms with Crippen LogP contribution in [0.15, 0.2) is 53.5 Å². The molecule has 32 heavy (non-hydrogen) atoms. The number of aromatic nitrogens is 3. The molecule has 9 nitrogen and oxygen atoms in total. The maximum atomic E-state index is 12.6. The minimum Gasteiger partial charge on any atom is -0.424 e. The SMILES string of the molecule is Cn1cc(-c2cc3nc(n2)Oc2cccc(c2)COCCCCCS(=O)(=O)N3)ccc1=O. The molecule has 1 N–H and O–H groups in total. The molecule has 1 aliphatic heterocycles. The van der Waals surface area contributed by atoms with Gasteiger partial charge in [-0.3, -0.25) is 9.52 Å². The van der Waals surface area contributed by atoms with Crippen molar-refractivity contribution in [2.24, 2.45) is 7.05 Å². The number of benzene rings is 1. The van der Waals surface area contributed by atoms with E-state index in [9.17, 15) is 13.2 Å². The molecule has 0 unspecified atom stereocenters. The average Bonchev–Trinajstić information content (AvgIpc) is 2.74. The number of aryl methyl sites for hydroxylation is 1. The molecule has 10 heteroatoms. The number of nitrogens with zero attached hydrogens (tertiary/aromatic N) is 3. The highest BCUT2D eigenvalue weighted by molar-refractivity contribution is 7.92. The Hall–Kier alpha value is -3.24. The Morgan fingerprint density at radius 3 is 2.78 bits per heavy atom. The highest BCUT2D eigenvalue weighted by Crippen LogP contribution is 2.26. The second-order valence-electron chi connectivity index (χ2n) is 7.57. The number of hydrogen-bond acceptors (Lipinski definition) is 7. The average molecular weight is 457 g/mol. The van der Waals surface area contributed by atoms with E-state index in [0.29, 0.717) is 36.6 Å². The lowest BCUT2D eigenvalue weighted by Gasteiger charge is -2.13. The van der Waals surface area contributed by atoms with Crippen molar-refractivity contribution >= 4 is 15.8 Å². The summed E-state index contributed by atoms with van der Waals surface area (Å²) in [5.41, 5.74) is 1.82. The Morgan fingerprint density at radius 2 is 1.94 bits per heavy atom. The summed E-state index contributed by atoms with van der Waals surface area (Å²) in [7, 11) is -1.97. The lowest BCUT2D eigenvalue weighted by atomic mass is 10.2. The van der Waals surface area contributed by atoms with Gasteiger partial charge in [0.2, 0.25) is 15.6 Å². The molecule has 0 saturated carbocycles. The number of sulfonamides is 1. The Labute approximate surface area is 186 Å². The molecule has 0 spiro atoms. The van der Waals surface area contributed by atoms with Crippen molar-refractivity contribution in [1.82, 2.24) is 14.5 Å². The van der Waals surface area contributed by atoms with Crippen LogP contribution in [0.25, 0.3) is 11.3 Å². The molecule has 168 valence electrons. The molecule has 0 saturated heterocycles. The number of nitrogens with one attached hydrogen (secondary N) is 1. The first-order valence-electron chi connectivity index (χ1n) is 10.3. The molecular weight excluding hydrogens is 432 g/mol. The largest absolute Gasteiger partial charge is 0.424 e. The van der Waals surface area contributed by atoms with Gasteiger partial charge in [-0.25, -0.2) is 8.42 Å². The number of pyridine rings is 1. The minimum atomic E-state index is -3.61. The van der Waals surface area contributed by atoms with E-state index < -0.39 is 10.0 Å². The molecule has 4 rings (SSSR count). The smallest absolute Gasteiger partial charge is 0.324 e. The second kappa shape index (κ2) is 9.49. The molecule has 3 heterocycles. The molecule has 0 atom stereocenters. The maximum Gasteiger partial charge on any atom is 0.324 e. The summed E-state index contributed by atoms with van der Waals surface area (Å²) in [5, 5.41) is 0. The van der Waals surface area contributed by atoms with Crippen LogP contribution in [-0.2, 0) is 28.4 Å². The summed E-state index contributed by atoms with van der Waals surface area (Å²) in [6, 6.07) is 11.9. The van der Waals surface area contributed by atoms with Gasteiger partial charge in [-0.05, 0) is 36.6 Å². The molecule has 0 amide bonds. The van der Waals surface area contributed by atoms with E-state index in [1.807, 2.05) is 18.2 Å². The molecule has 3 aromatic rings.